The van der Waals surface area contributed by atoms with Gasteiger partial charge >= 0.3 is 0 Å². The molecule has 0 saturated heterocycles. The van der Waals surface area contributed by atoms with Crippen molar-refractivity contribution in [3.05, 3.63) is 28.8 Å². The molecule has 0 aliphatic heterocycles. The highest BCUT2D eigenvalue weighted by atomic mass is 35.5. The van der Waals surface area contributed by atoms with Gasteiger partial charge in [-0.15, -0.1) is 0 Å². The first kappa shape index (κ1) is 14.5. The summed E-state index contributed by atoms with van der Waals surface area (Å²) in [5.41, 5.74) is 0.553. The summed E-state index contributed by atoms with van der Waals surface area (Å²) in [4.78, 5) is 22.1. The molecule has 0 bridgehead atoms. The first-order chi connectivity index (χ1) is 8.54. The zero-order valence-electron chi connectivity index (χ0n) is 10.5. The van der Waals surface area contributed by atoms with Gasteiger partial charge in [0.05, 0.1) is 11.6 Å². The maximum absolute atomic E-state index is 11.1. The van der Waals surface area contributed by atoms with Crippen LogP contribution in [0.4, 0.5) is 0 Å². The number of hydrogen-bond acceptors (Lipinski definition) is 3. The summed E-state index contributed by atoms with van der Waals surface area (Å²) in [5.74, 6) is 0.471. The fourth-order valence-corrected chi connectivity index (χ4v) is 1.61. The molecule has 18 heavy (non-hydrogen) atoms. The summed E-state index contributed by atoms with van der Waals surface area (Å²) in [7, 11) is 1.60. The van der Waals surface area contributed by atoms with Crippen molar-refractivity contribution in [2.45, 2.75) is 19.8 Å². The largest absolute Gasteiger partial charge is 0.492 e. The van der Waals surface area contributed by atoms with Crippen LogP contribution in [0.1, 0.15) is 30.1 Å². The standard InChI is InChI=1S/C13H16ClNO3/c1-9(16)10-5-6-12(11(14)8-10)18-7-3-4-13(17)15-2/h5-6,8H,3-4,7H2,1-2H3,(H,15,17). The van der Waals surface area contributed by atoms with Crippen molar-refractivity contribution in [2.75, 3.05) is 13.7 Å². The van der Waals surface area contributed by atoms with Crippen molar-refractivity contribution in [2.24, 2.45) is 0 Å². The second-order valence-corrected chi connectivity index (χ2v) is 4.23. The van der Waals surface area contributed by atoms with Gasteiger partial charge in [0, 0.05) is 19.0 Å². The second kappa shape index (κ2) is 7.01. The van der Waals surface area contributed by atoms with E-state index in [-0.39, 0.29) is 11.7 Å². The number of benzene rings is 1. The Labute approximate surface area is 111 Å². The number of Topliss-reactive ketones (excluding diaryl/α,β-unsaturated/α-hetero) is 1. The van der Waals surface area contributed by atoms with Gasteiger partial charge in [0.1, 0.15) is 5.75 Å². The normalized spacial score (nSPS) is 9.94. The first-order valence-corrected chi connectivity index (χ1v) is 6.06. The Morgan fingerprint density at radius 3 is 2.67 bits per heavy atom. The molecule has 1 aromatic rings. The molecule has 1 aromatic carbocycles. The SMILES string of the molecule is CNC(=O)CCCOc1ccc(C(C)=O)cc1Cl. The molecule has 0 aliphatic rings. The predicted octanol–water partition coefficient (Wildman–Crippen LogP) is 2.45. The Hall–Kier alpha value is -1.55. The van der Waals surface area contributed by atoms with Crippen LogP contribution < -0.4 is 10.1 Å². The van der Waals surface area contributed by atoms with Crippen LogP contribution in [0.2, 0.25) is 5.02 Å². The van der Waals surface area contributed by atoms with E-state index in [1.54, 1.807) is 25.2 Å². The van der Waals surface area contributed by atoms with Gasteiger partial charge in [-0.1, -0.05) is 11.6 Å². The van der Waals surface area contributed by atoms with E-state index in [1.165, 1.54) is 6.92 Å². The van der Waals surface area contributed by atoms with Crippen LogP contribution >= 0.6 is 11.6 Å². The van der Waals surface area contributed by atoms with Gasteiger partial charge in [-0.2, -0.15) is 0 Å². The number of carbonyl (C=O) groups excluding carboxylic acids is 2. The number of halogens is 1. The number of ether oxygens (including phenoxy) is 1. The predicted molar refractivity (Wildman–Crippen MR) is 70.3 cm³/mol. The van der Waals surface area contributed by atoms with E-state index in [9.17, 15) is 9.59 Å². The monoisotopic (exact) mass is 269 g/mol. The molecule has 5 heteroatoms. The summed E-state index contributed by atoms with van der Waals surface area (Å²) in [6.07, 6.45) is 1.03. The lowest BCUT2D eigenvalue weighted by Crippen LogP contribution is -2.18. The van der Waals surface area contributed by atoms with Crippen LogP contribution in [-0.4, -0.2) is 25.3 Å². The summed E-state index contributed by atoms with van der Waals surface area (Å²) < 4.78 is 5.44. The van der Waals surface area contributed by atoms with Gasteiger partial charge in [-0.25, -0.2) is 0 Å². The maximum Gasteiger partial charge on any atom is 0.219 e. The topological polar surface area (TPSA) is 55.4 Å². The van der Waals surface area contributed by atoms with E-state index in [1.807, 2.05) is 0 Å². The third-order valence-corrected chi connectivity index (χ3v) is 2.72. The van der Waals surface area contributed by atoms with E-state index in [2.05, 4.69) is 5.32 Å². The third-order valence-electron chi connectivity index (χ3n) is 2.42. The Morgan fingerprint density at radius 1 is 1.39 bits per heavy atom. The third kappa shape index (κ3) is 4.37. The zero-order valence-corrected chi connectivity index (χ0v) is 11.2. The zero-order chi connectivity index (χ0) is 13.5. The summed E-state index contributed by atoms with van der Waals surface area (Å²) in [6, 6.07) is 4.92. The lowest BCUT2D eigenvalue weighted by Gasteiger charge is -2.08. The summed E-state index contributed by atoms with van der Waals surface area (Å²) >= 11 is 5.99. The Balaban J connectivity index is 2.48. The van der Waals surface area contributed by atoms with Crippen molar-refractivity contribution in [3.63, 3.8) is 0 Å². The molecule has 98 valence electrons. The average molecular weight is 270 g/mol. The molecule has 0 aromatic heterocycles. The number of nitrogens with one attached hydrogen (secondary N) is 1. The van der Waals surface area contributed by atoms with Crippen LogP contribution in [0.15, 0.2) is 18.2 Å². The highest BCUT2D eigenvalue weighted by Crippen LogP contribution is 2.25. The molecule has 0 fully saturated rings. The molecular weight excluding hydrogens is 254 g/mol. The van der Waals surface area contributed by atoms with Crippen molar-refractivity contribution in [1.82, 2.24) is 5.32 Å². The van der Waals surface area contributed by atoms with Crippen LogP contribution in [0.5, 0.6) is 5.75 Å². The molecule has 0 radical (unpaired) electrons. The van der Waals surface area contributed by atoms with E-state index in [0.717, 1.165) is 0 Å². The second-order valence-electron chi connectivity index (χ2n) is 3.83. The van der Waals surface area contributed by atoms with Crippen LogP contribution in [-0.2, 0) is 4.79 Å². The smallest absolute Gasteiger partial charge is 0.219 e. The number of amides is 1. The lowest BCUT2D eigenvalue weighted by molar-refractivity contribution is -0.120. The molecule has 0 atom stereocenters. The Morgan fingerprint density at radius 2 is 2.11 bits per heavy atom. The summed E-state index contributed by atoms with van der Waals surface area (Å²) in [5, 5.41) is 2.94. The molecule has 1 amide bonds. The fraction of sp³-hybridized carbons (Fsp3) is 0.385. The van der Waals surface area contributed by atoms with Crippen LogP contribution in [0.3, 0.4) is 0 Å². The summed E-state index contributed by atoms with van der Waals surface area (Å²) in [6.45, 7) is 1.89. The molecule has 0 aliphatic carbocycles. The van der Waals surface area contributed by atoms with Gasteiger partial charge in [0.25, 0.3) is 0 Å². The van der Waals surface area contributed by atoms with Gasteiger partial charge in [0.2, 0.25) is 5.91 Å². The van der Waals surface area contributed by atoms with Crippen LogP contribution in [0.25, 0.3) is 0 Å². The van der Waals surface area contributed by atoms with Crippen molar-refractivity contribution < 1.29 is 14.3 Å². The number of rotatable bonds is 6. The molecule has 0 unspecified atom stereocenters. The van der Waals surface area contributed by atoms with E-state index in [0.29, 0.717) is 35.8 Å². The average Bonchev–Trinajstić information content (AvgIpc) is 2.35. The van der Waals surface area contributed by atoms with Gasteiger partial charge in [-0.3, -0.25) is 9.59 Å². The van der Waals surface area contributed by atoms with Crippen LogP contribution in [0, 0.1) is 0 Å². The molecule has 4 nitrogen and oxygen atoms in total. The van der Waals surface area contributed by atoms with Gasteiger partial charge in [-0.05, 0) is 31.5 Å². The number of ketones is 1. The minimum absolute atomic E-state index is 0.0170. The fourth-order valence-electron chi connectivity index (χ4n) is 1.38. The highest BCUT2D eigenvalue weighted by Gasteiger charge is 2.06. The van der Waals surface area contributed by atoms with E-state index in [4.69, 9.17) is 16.3 Å². The molecular formula is C13H16ClNO3. The van der Waals surface area contributed by atoms with E-state index >= 15 is 0 Å². The van der Waals surface area contributed by atoms with Crippen molar-refractivity contribution >= 4 is 23.3 Å². The van der Waals surface area contributed by atoms with Gasteiger partial charge < -0.3 is 10.1 Å². The van der Waals surface area contributed by atoms with Crippen molar-refractivity contribution in [1.29, 1.82) is 0 Å². The molecule has 0 saturated carbocycles. The van der Waals surface area contributed by atoms with Crippen molar-refractivity contribution in [3.8, 4) is 5.75 Å². The van der Waals surface area contributed by atoms with E-state index < -0.39 is 0 Å². The molecule has 0 spiro atoms. The molecule has 0 heterocycles. The highest BCUT2D eigenvalue weighted by molar-refractivity contribution is 6.32. The molecule has 1 N–H and O–H groups in total. The first-order valence-electron chi connectivity index (χ1n) is 5.68. The quantitative estimate of drug-likeness (QED) is 0.637. The van der Waals surface area contributed by atoms with Gasteiger partial charge in [0.15, 0.2) is 5.78 Å². The Bertz CT molecular complexity index is 446. The molecule has 1 rings (SSSR count). The maximum atomic E-state index is 11.1. The minimum Gasteiger partial charge on any atom is -0.492 e. The number of hydrogen-bond donors (Lipinski definition) is 1. The minimum atomic E-state index is -0.0388. The lowest BCUT2D eigenvalue weighted by atomic mass is 10.1. The number of carbonyl (C=O) groups is 2. The Kier molecular flexibility index (Phi) is 5.65.